The lowest BCUT2D eigenvalue weighted by molar-refractivity contribution is -0.958. The Morgan fingerprint density at radius 2 is 1.41 bits per heavy atom. The number of likely N-dealkylation sites (N-methyl/N-ethyl adjacent to an activating group) is 2. The van der Waals surface area contributed by atoms with Crippen LogP contribution in [0.5, 0.6) is 0 Å². The van der Waals surface area contributed by atoms with Gasteiger partial charge in [-0.3, -0.25) is 0 Å². The van der Waals surface area contributed by atoms with Crippen molar-refractivity contribution in [1.82, 2.24) is 0 Å². The predicted octanol–water partition coefficient (Wildman–Crippen LogP) is -3.23. The Balaban J connectivity index is 0.00000121. The molecule has 4 aliphatic rings. The lowest BCUT2D eigenvalue weighted by Gasteiger charge is -2.38. The van der Waals surface area contributed by atoms with Gasteiger partial charge in [0.05, 0.1) is 40.3 Å². The molecule has 2 bridgehead atoms. The van der Waals surface area contributed by atoms with Gasteiger partial charge >= 0.3 is 0 Å². The lowest BCUT2D eigenvalue weighted by Crippen LogP contribution is -3.00. The minimum absolute atomic E-state index is 0. The SMILES string of the molecule is CC[N+](C)(CC)CC[N+]1(C)CC2C3C=CC(CC3)C2C1.[I-].[I-]. The molecule has 130 valence electrons. The van der Waals surface area contributed by atoms with Gasteiger partial charge < -0.3 is 56.9 Å². The van der Waals surface area contributed by atoms with E-state index in [0.717, 1.165) is 23.7 Å². The molecule has 0 aromatic rings. The molecule has 0 N–H and O–H groups in total. The number of halogens is 2. The normalized spacial score (nSPS) is 39.1. The van der Waals surface area contributed by atoms with Crippen molar-refractivity contribution in [3.63, 3.8) is 0 Å². The summed E-state index contributed by atoms with van der Waals surface area (Å²) in [7, 11) is 4.97. The number of likely N-dealkylation sites (tertiary alicyclic amines) is 1. The van der Waals surface area contributed by atoms with Crippen LogP contribution >= 0.6 is 0 Å². The first kappa shape index (κ1) is 21.2. The van der Waals surface area contributed by atoms with Gasteiger partial charge in [0.2, 0.25) is 0 Å². The molecule has 1 aliphatic heterocycles. The summed E-state index contributed by atoms with van der Waals surface area (Å²) in [6.07, 6.45) is 8.06. The van der Waals surface area contributed by atoms with E-state index in [0.29, 0.717) is 0 Å². The standard InChI is InChI=1S/C18H34N2.2HI/c1-5-19(3,6-2)11-12-20(4)13-17-15-7-8-16(10-9-15)18(17)14-20;;/h7-8,15-18H,5-6,9-14H2,1-4H3;2*1H/q+2;;/p-2. The molecule has 22 heavy (non-hydrogen) atoms. The van der Waals surface area contributed by atoms with Gasteiger partial charge in [-0.15, -0.1) is 0 Å². The summed E-state index contributed by atoms with van der Waals surface area (Å²) in [4.78, 5) is 0. The van der Waals surface area contributed by atoms with Gasteiger partial charge in [-0.1, -0.05) is 12.2 Å². The fraction of sp³-hybridized carbons (Fsp3) is 0.889. The zero-order valence-corrected chi connectivity index (χ0v) is 19.1. The Bertz CT molecular complexity index is 371. The molecule has 1 heterocycles. The molecule has 4 atom stereocenters. The van der Waals surface area contributed by atoms with Crippen molar-refractivity contribution in [2.24, 2.45) is 23.7 Å². The molecule has 0 amide bonds. The number of allylic oxidation sites excluding steroid dienone is 2. The number of fused-ring (bicyclic) bond motifs is 1. The van der Waals surface area contributed by atoms with Gasteiger partial charge in [-0.25, -0.2) is 0 Å². The topological polar surface area (TPSA) is 0 Å². The molecule has 1 saturated heterocycles. The number of rotatable bonds is 5. The fourth-order valence-electron chi connectivity index (χ4n) is 5.05. The summed E-state index contributed by atoms with van der Waals surface area (Å²) in [6.45, 7) is 12.9. The molecule has 4 rings (SSSR count). The second kappa shape index (κ2) is 8.00. The largest absolute Gasteiger partial charge is 1.00 e. The van der Waals surface area contributed by atoms with E-state index in [9.17, 15) is 0 Å². The highest BCUT2D eigenvalue weighted by Gasteiger charge is 2.52. The highest BCUT2D eigenvalue weighted by atomic mass is 127. The fourth-order valence-corrected chi connectivity index (χ4v) is 5.05. The molecule has 2 nitrogen and oxygen atoms in total. The highest BCUT2D eigenvalue weighted by molar-refractivity contribution is 5.10. The molecular formula is C18H34I2N2. The molecule has 4 heteroatoms. The van der Waals surface area contributed by atoms with Crippen LogP contribution in [-0.4, -0.2) is 62.3 Å². The maximum Gasteiger partial charge on any atom is 0.128 e. The van der Waals surface area contributed by atoms with Crippen molar-refractivity contribution in [1.29, 1.82) is 0 Å². The van der Waals surface area contributed by atoms with E-state index in [1.807, 2.05) is 0 Å². The van der Waals surface area contributed by atoms with Crippen molar-refractivity contribution in [2.45, 2.75) is 26.7 Å². The number of quaternary nitrogens is 2. The number of hydrogen-bond donors (Lipinski definition) is 0. The zero-order chi connectivity index (χ0) is 14.4. The van der Waals surface area contributed by atoms with Crippen LogP contribution in [0.15, 0.2) is 12.2 Å². The average Bonchev–Trinajstić information content (AvgIpc) is 2.86. The van der Waals surface area contributed by atoms with Crippen LogP contribution < -0.4 is 48.0 Å². The third-order valence-corrected chi connectivity index (χ3v) is 7.10. The minimum atomic E-state index is 0. The Labute approximate surface area is 171 Å². The average molecular weight is 532 g/mol. The van der Waals surface area contributed by atoms with E-state index >= 15 is 0 Å². The van der Waals surface area contributed by atoms with Gasteiger partial charge in [0.1, 0.15) is 13.1 Å². The van der Waals surface area contributed by atoms with Crippen molar-refractivity contribution >= 4 is 0 Å². The molecule has 3 aliphatic carbocycles. The van der Waals surface area contributed by atoms with Crippen molar-refractivity contribution < 1.29 is 56.9 Å². The maximum atomic E-state index is 2.56. The quantitative estimate of drug-likeness (QED) is 0.199. The van der Waals surface area contributed by atoms with E-state index in [4.69, 9.17) is 0 Å². The van der Waals surface area contributed by atoms with E-state index in [1.165, 1.54) is 61.1 Å². The molecular weight excluding hydrogens is 498 g/mol. The summed E-state index contributed by atoms with van der Waals surface area (Å²) in [5, 5.41) is 0. The number of hydrogen-bond acceptors (Lipinski definition) is 0. The van der Waals surface area contributed by atoms with Gasteiger partial charge in [0.15, 0.2) is 0 Å². The van der Waals surface area contributed by atoms with Crippen LogP contribution in [0.1, 0.15) is 26.7 Å². The van der Waals surface area contributed by atoms with Gasteiger partial charge in [-0.05, 0) is 38.5 Å². The summed E-state index contributed by atoms with van der Waals surface area (Å²) >= 11 is 0. The van der Waals surface area contributed by atoms with Crippen LogP contribution in [0, 0.1) is 23.7 Å². The monoisotopic (exact) mass is 532 g/mol. The van der Waals surface area contributed by atoms with Gasteiger partial charge in [-0.2, -0.15) is 0 Å². The Hall–Kier alpha value is 1.12. The van der Waals surface area contributed by atoms with Crippen LogP contribution in [0.4, 0.5) is 0 Å². The minimum Gasteiger partial charge on any atom is -1.00 e. The van der Waals surface area contributed by atoms with Crippen molar-refractivity contribution in [3.8, 4) is 0 Å². The summed E-state index contributed by atoms with van der Waals surface area (Å²) in [5.41, 5.74) is 0. The van der Waals surface area contributed by atoms with Crippen LogP contribution in [0.2, 0.25) is 0 Å². The maximum absolute atomic E-state index is 2.56. The third-order valence-electron chi connectivity index (χ3n) is 7.10. The molecule has 0 radical (unpaired) electrons. The molecule has 0 aromatic heterocycles. The highest BCUT2D eigenvalue weighted by Crippen LogP contribution is 2.49. The predicted molar refractivity (Wildman–Crippen MR) is 85.3 cm³/mol. The molecule has 1 saturated carbocycles. The Morgan fingerprint density at radius 1 is 0.955 bits per heavy atom. The Kier molecular flexibility index (Phi) is 7.70. The lowest BCUT2D eigenvalue weighted by atomic mass is 9.64. The molecule has 2 fully saturated rings. The van der Waals surface area contributed by atoms with E-state index in [2.05, 4.69) is 40.1 Å². The summed E-state index contributed by atoms with van der Waals surface area (Å²) in [5.74, 6) is 3.85. The summed E-state index contributed by atoms with van der Waals surface area (Å²) in [6, 6.07) is 0. The first-order valence-corrected chi connectivity index (χ1v) is 8.84. The van der Waals surface area contributed by atoms with Crippen LogP contribution in [0.25, 0.3) is 0 Å². The molecule has 4 unspecified atom stereocenters. The molecule has 0 spiro atoms. The molecule has 0 aromatic carbocycles. The smallest absolute Gasteiger partial charge is 0.128 e. The van der Waals surface area contributed by atoms with E-state index in [1.54, 1.807) is 0 Å². The Morgan fingerprint density at radius 3 is 1.77 bits per heavy atom. The van der Waals surface area contributed by atoms with Crippen molar-refractivity contribution in [2.75, 3.05) is 53.4 Å². The van der Waals surface area contributed by atoms with Crippen LogP contribution in [-0.2, 0) is 0 Å². The van der Waals surface area contributed by atoms with Crippen molar-refractivity contribution in [3.05, 3.63) is 12.2 Å². The summed E-state index contributed by atoms with van der Waals surface area (Å²) < 4.78 is 2.59. The second-order valence-electron chi connectivity index (χ2n) is 8.30. The first-order valence-electron chi connectivity index (χ1n) is 8.84. The second-order valence-corrected chi connectivity index (χ2v) is 8.30. The number of nitrogens with zero attached hydrogens (tertiary/aromatic N) is 2. The van der Waals surface area contributed by atoms with Gasteiger partial charge in [0, 0.05) is 11.8 Å². The van der Waals surface area contributed by atoms with Gasteiger partial charge in [0.25, 0.3) is 0 Å². The van der Waals surface area contributed by atoms with E-state index < -0.39 is 0 Å². The van der Waals surface area contributed by atoms with E-state index in [-0.39, 0.29) is 48.0 Å². The zero-order valence-electron chi connectivity index (χ0n) is 14.8. The first-order chi connectivity index (χ1) is 9.49. The third kappa shape index (κ3) is 4.02. The van der Waals surface area contributed by atoms with Crippen LogP contribution in [0.3, 0.4) is 0 Å².